The number of rotatable bonds is 4. The van der Waals surface area contributed by atoms with Crippen molar-refractivity contribution < 1.29 is 22.1 Å². The Hall–Kier alpha value is -1.47. The highest BCUT2D eigenvalue weighted by Gasteiger charge is 2.09. The summed E-state index contributed by atoms with van der Waals surface area (Å²) >= 11 is 0. The number of aromatic nitrogens is 1. The number of esters is 1. The molecule has 1 rings (SSSR count). The highest BCUT2D eigenvalue weighted by Crippen LogP contribution is 2.04. The molecule has 1 aromatic rings. The predicted octanol–water partition coefficient (Wildman–Crippen LogP) is 0.344. The lowest BCUT2D eigenvalue weighted by Gasteiger charge is -2.03. The molecule has 1 heterocycles. The van der Waals surface area contributed by atoms with E-state index in [-0.39, 0.29) is 12.3 Å². The lowest BCUT2D eigenvalue weighted by atomic mass is 10.3. The summed E-state index contributed by atoms with van der Waals surface area (Å²) in [5, 5.41) is 0. The molecule has 16 heavy (non-hydrogen) atoms. The van der Waals surface area contributed by atoms with Gasteiger partial charge in [-0.2, -0.15) is 8.42 Å². The van der Waals surface area contributed by atoms with Gasteiger partial charge in [-0.3, -0.25) is 4.18 Å². The molecule has 6 nitrogen and oxygen atoms in total. The van der Waals surface area contributed by atoms with Crippen LogP contribution >= 0.6 is 0 Å². The summed E-state index contributed by atoms with van der Waals surface area (Å²) in [5.41, 5.74) is 0.449. The van der Waals surface area contributed by atoms with Gasteiger partial charge in [0.25, 0.3) is 10.1 Å². The van der Waals surface area contributed by atoms with Crippen molar-refractivity contribution in [1.82, 2.24) is 4.98 Å². The van der Waals surface area contributed by atoms with Gasteiger partial charge in [0.05, 0.1) is 19.1 Å². The van der Waals surface area contributed by atoms with Gasteiger partial charge in [0.1, 0.15) is 12.3 Å². The number of carbonyl (C=O) groups excluding carboxylic acids is 1. The summed E-state index contributed by atoms with van der Waals surface area (Å²) in [5.74, 6) is -0.582. The second-order valence-corrected chi connectivity index (χ2v) is 4.62. The Labute approximate surface area is 93.3 Å². The first-order chi connectivity index (χ1) is 7.42. The van der Waals surface area contributed by atoms with E-state index in [0.717, 1.165) is 6.26 Å². The van der Waals surface area contributed by atoms with Crippen LogP contribution in [0.1, 0.15) is 16.2 Å². The molecule has 0 amide bonds. The number of hydrogen-bond acceptors (Lipinski definition) is 6. The van der Waals surface area contributed by atoms with Crippen molar-refractivity contribution in [1.29, 1.82) is 0 Å². The van der Waals surface area contributed by atoms with Gasteiger partial charge >= 0.3 is 5.97 Å². The van der Waals surface area contributed by atoms with Crippen molar-refractivity contribution >= 4 is 16.1 Å². The Kier molecular flexibility index (Phi) is 3.97. The van der Waals surface area contributed by atoms with Crippen LogP contribution in [0.3, 0.4) is 0 Å². The molecule has 88 valence electrons. The number of carbonyl (C=O) groups is 1. The number of methoxy groups -OCH3 is 1. The highest BCUT2D eigenvalue weighted by molar-refractivity contribution is 7.85. The van der Waals surface area contributed by atoms with E-state index in [0.29, 0.717) is 5.69 Å². The van der Waals surface area contributed by atoms with Crippen LogP contribution in [-0.4, -0.2) is 32.7 Å². The maximum Gasteiger partial charge on any atom is 0.356 e. The number of hydrogen-bond donors (Lipinski definition) is 0. The van der Waals surface area contributed by atoms with Crippen LogP contribution in [0.4, 0.5) is 0 Å². The van der Waals surface area contributed by atoms with E-state index < -0.39 is 16.1 Å². The van der Waals surface area contributed by atoms with Crippen LogP contribution in [0.5, 0.6) is 0 Å². The van der Waals surface area contributed by atoms with Crippen molar-refractivity contribution in [2.75, 3.05) is 13.4 Å². The van der Waals surface area contributed by atoms with Gasteiger partial charge < -0.3 is 4.74 Å². The van der Waals surface area contributed by atoms with E-state index in [1.54, 1.807) is 12.1 Å². The van der Waals surface area contributed by atoms with E-state index in [2.05, 4.69) is 13.9 Å². The van der Waals surface area contributed by atoms with E-state index in [1.807, 2.05) is 0 Å². The molecule has 0 unspecified atom stereocenters. The van der Waals surface area contributed by atoms with Crippen molar-refractivity contribution in [3.05, 3.63) is 29.6 Å². The first-order valence-corrected chi connectivity index (χ1v) is 6.12. The van der Waals surface area contributed by atoms with Gasteiger partial charge in [-0.25, -0.2) is 9.78 Å². The Morgan fingerprint density at radius 3 is 2.69 bits per heavy atom. The molecule has 0 spiro atoms. The topological polar surface area (TPSA) is 82.6 Å². The number of pyridine rings is 1. The fourth-order valence-corrected chi connectivity index (χ4v) is 1.28. The molecule has 7 heteroatoms. The van der Waals surface area contributed by atoms with Gasteiger partial charge in [0.2, 0.25) is 0 Å². The third kappa shape index (κ3) is 3.95. The molecular formula is C9H11NO5S. The second-order valence-electron chi connectivity index (χ2n) is 2.97. The summed E-state index contributed by atoms with van der Waals surface area (Å²) in [6.07, 6.45) is 0.942. The third-order valence-electron chi connectivity index (χ3n) is 1.62. The fourth-order valence-electron chi connectivity index (χ4n) is 0.946. The lowest BCUT2D eigenvalue weighted by molar-refractivity contribution is 0.0593. The van der Waals surface area contributed by atoms with Crippen molar-refractivity contribution in [3.63, 3.8) is 0 Å². The Morgan fingerprint density at radius 2 is 2.12 bits per heavy atom. The molecule has 0 fully saturated rings. The molecule has 0 radical (unpaired) electrons. The van der Waals surface area contributed by atoms with E-state index in [4.69, 9.17) is 0 Å². The molecule has 0 saturated carbocycles. The third-order valence-corrected chi connectivity index (χ3v) is 2.17. The van der Waals surface area contributed by atoms with E-state index >= 15 is 0 Å². The first kappa shape index (κ1) is 12.6. The Bertz CT molecular complexity index is 482. The van der Waals surface area contributed by atoms with Crippen molar-refractivity contribution in [2.24, 2.45) is 0 Å². The molecule has 0 aliphatic rings. The van der Waals surface area contributed by atoms with Gasteiger partial charge in [0.15, 0.2) is 0 Å². The van der Waals surface area contributed by atoms with Crippen LogP contribution in [0.25, 0.3) is 0 Å². The maximum absolute atomic E-state index is 11.1. The van der Waals surface area contributed by atoms with Crippen molar-refractivity contribution in [2.45, 2.75) is 6.61 Å². The number of nitrogens with zero attached hydrogens (tertiary/aromatic N) is 1. The molecule has 0 bridgehead atoms. The average molecular weight is 245 g/mol. The molecule has 0 aliphatic heterocycles. The van der Waals surface area contributed by atoms with Crippen molar-refractivity contribution in [3.8, 4) is 0 Å². The Balaban J connectivity index is 2.79. The van der Waals surface area contributed by atoms with Gasteiger partial charge in [-0.1, -0.05) is 6.07 Å². The largest absolute Gasteiger partial charge is 0.464 e. The minimum Gasteiger partial charge on any atom is -0.464 e. The minimum absolute atomic E-state index is 0.108. The average Bonchev–Trinajstić information content (AvgIpc) is 2.25. The zero-order valence-electron chi connectivity index (χ0n) is 8.84. The summed E-state index contributed by atoms with van der Waals surface area (Å²) in [6, 6.07) is 4.59. The van der Waals surface area contributed by atoms with Gasteiger partial charge in [0, 0.05) is 0 Å². The molecule has 0 N–H and O–H groups in total. The molecule has 0 saturated heterocycles. The summed E-state index contributed by atoms with van der Waals surface area (Å²) < 4.78 is 30.5. The molecule has 0 aromatic carbocycles. The highest BCUT2D eigenvalue weighted by atomic mass is 32.2. The van der Waals surface area contributed by atoms with Crippen LogP contribution in [0, 0.1) is 0 Å². The van der Waals surface area contributed by atoms with Crippen LogP contribution < -0.4 is 0 Å². The molecular weight excluding hydrogens is 234 g/mol. The first-order valence-electron chi connectivity index (χ1n) is 4.31. The summed E-state index contributed by atoms with van der Waals surface area (Å²) in [4.78, 5) is 15.0. The normalized spacial score (nSPS) is 11.1. The van der Waals surface area contributed by atoms with Crippen LogP contribution in [-0.2, 0) is 25.6 Å². The van der Waals surface area contributed by atoms with Crippen LogP contribution in [0.2, 0.25) is 0 Å². The number of ether oxygens (including phenoxy) is 1. The second kappa shape index (κ2) is 5.04. The molecule has 1 aromatic heterocycles. The minimum atomic E-state index is -3.52. The monoisotopic (exact) mass is 245 g/mol. The fraction of sp³-hybridized carbons (Fsp3) is 0.333. The molecule has 0 aliphatic carbocycles. The zero-order chi connectivity index (χ0) is 12.2. The maximum atomic E-state index is 11.1. The van der Waals surface area contributed by atoms with Crippen LogP contribution in [0.15, 0.2) is 18.2 Å². The van der Waals surface area contributed by atoms with Gasteiger partial charge in [-0.15, -0.1) is 0 Å². The smallest absolute Gasteiger partial charge is 0.356 e. The van der Waals surface area contributed by atoms with Gasteiger partial charge in [-0.05, 0) is 12.1 Å². The lowest BCUT2D eigenvalue weighted by Crippen LogP contribution is -2.08. The SMILES string of the molecule is COC(=O)c1cccc(COS(C)(=O)=O)n1. The zero-order valence-corrected chi connectivity index (χ0v) is 9.65. The predicted molar refractivity (Wildman–Crippen MR) is 55.2 cm³/mol. The standard InChI is InChI=1S/C9H11NO5S/c1-14-9(11)8-5-3-4-7(10-8)6-15-16(2,12)13/h3-5H,6H2,1-2H3. The van der Waals surface area contributed by atoms with E-state index in [9.17, 15) is 13.2 Å². The summed E-state index contributed by atoms with van der Waals surface area (Å²) in [6.45, 7) is -0.205. The van der Waals surface area contributed by atoms with E-state index in [1.165, 1.54) is 13.2 Å². The Morgan fingerprint density at radius 1 is 1.44 bits per heavy atom. The quantitative estimate of drug-likeness (QED) is 0.562. The molecule has 0 atom stereocenters. The summed E-state index contributed by atoms with van der Waals surface area (Å²) in [7, 11) is -2.28.